The van der Waals surface area contributed by atoms with Gasteiger partial charge in [0.1, 0.15) is 11.5 Å². The first-order valence-electron chi connectivity index (χ1n) is 9.95. The molecule has 0 aliphatic carbocycles. The Kier molecular flexibility index (Phi) is 7.19. The number of anilines is 1. The van der Waals surface area contributed by atoms with Crippen molar-refractivity contribution in [3.8, 4) is 11.5 Å². The zero-order chi connectivity index (χ0) is 24.0. The van der Waals surface area contributed by atoms with Crippen molar-refractivity contribution in [3.05, 3.63) is 83.4 Å². The van der Waals surface area contributed by atoms with Gasteiger partial charge in [-0.25, -0.2) is 8.42 Å². The molecular formula is C23H23N3O6S. The third-order valence-corrected chi connectivity index (χ3v) is 5.93. The fourth-order valence-corrected chi connectivity index (χ4v) is 3.93. The molecule has 3 rings (SSSR count). The quantitative estimate of drug-likeness (QED) is 0.393. The SMILES string of the molecule is CCOc1ccc(S(=O)(=O)Nc2ccc(C(=O)NNC(=O)c3ccc(C)cc3O)cc2)cc1. The normalized spacial score (nSPS) is 10.8. The summed E-state index contributed by atoms with van der Waals surface area (Å²) in [4.78, 5) is 24.5. The van der Waals surface area contributed by atoms with Crippen LogP contribution in [0.2, 0.25) is 0 Å². The number of amides is 2. The van der Waals surface area contributed by atoms with E-state index >= 15 is 0 Å². The number of phenols is 1. The smallest absolute Gasteiger partial charge is 0.273 e. The van der Waals surface area contributed by atoms with Crippen LogP contribution >= 0.6 is 0 Å². The molecule has 0 aromatic heterocycles. The van der Waals surface area contributed by atoms with Crippen LogP contribution in [0.3, 0.4) is 0 Å². The third kappa shape index (κ3) is 6.01. The van der Waals surface area contributed by atoms with Gasteiger partial charge in [0.05, 0.1) is 17.1 Å². The number of carbonyl (C=O) groups is 2. The van der Waals surface area contributed by atoms with Gasteiger partial charge in [0.15, 0.2) is 0 Å². The first-order valence-corrected chi connectivity index (χ1v) is 11.4. The molecule has 3 aromatic rings. The predicted octanol–water partition coefficient (Wildman–Crippen LogP) is 2.97. The van der Waals surface area contributed by atoms with Gasteiger partial charge < -0.3 is 9.84 Å². The highest BCUT2D eigenvalue weighted by Gasteiger charge is 2.16. The van der Waals surface area contributed by atoms with Crippen LogP contribution in [-0.2, 0) is 10.0 Å². The molecule has 0 aliphatic heterocycles. The lowest BCUT2D eigenvalue weighted by molar-refractivity contribution is 0.0845. The first-order chi connectivity index (χ1) is 15.7. The molecule has 0 aliphatic rings. The number of nitrogens with one attached hydrogen (secondary N) is 3. The molecule has 0 saturated heterocycles. The van der Waals surface area contributed by atoms with Gasteiger partial charge in [-0.1, -0.05) is 6.07 Å². The van der Waals surface area contributed by atoms with Crippen LogP contribution in [-0.4, -0.2) is 31.9 Å². The summed E-state index contributed by atoms with van der Waals surface area (Å²) in [6.45, 7) is 4.08. The van der Waals surface area contributed by atoms with Gasteiger partial charge in [0, 0.05) is 11.3 Å². The summed E-state index contributed by atoms with van der Waals surface area (Å²) in [5.41, 5.74) is 5.72. The number of carbonyl (C=O) groups excluding carboxylic acids is 2. The van der Waals surface area contributed by atoms with Crippen molar-refractivity contribution in [2.45, 2.75) is 18.7 Å². The highest BCUT2D eigenvalue weighted by molar-refractivity contribution is 7.92. The molecule has 0 bridgehead atoms. The molecule has 0 spiro atoms. The fourth-order valence-electron chi connectivity index (χ4n) is 2.87. The highest BCUT2D eigenvalue weighted by Crippen LogP contribution is 2.20. The number of hydrogen-bond donors (Lipinski definition) is 4. The molecule has 0 radical (unpaired) electrons. The van der Waals surface area contributed by atoms with Crippen LogP contribution < -0.4 is 20.3 Å². The van der Waals surface area contributed by atoms with Crippen LogP contribution in [0.25, 0.3) is 0 Å². The van der Waals surface area contributed by atoms with Gasteiger partial charge in [-0.15, -0.1) is 0 Å². The molecule has 4 N–H and O–H groups in total. The van der Waals surface area contributed by atoms with Crippen LogP contribution in [0.5, 0.6) is 11.5 Å². The van der Waals surface area contributed by atoms with Gasteiger partial charge in [-0.05, 0) is 80.1 Å². The Morgan fingerprint density at radius 1 is 0.909 bits per heavy atom. The number of ether oxygens (including phenoxy) is 1. The van der Waals surface area contributed by atoms with Crippen molar-refractivity contribution in [2.75, 3.05) is 11.3 Å². The van der Waals surface area contributed by atoms with Crippen molar-refractivity contribution >= 4 is 27.5 Å². The second kappa shape index (κ2) is 10.0. The van der Waals surface area contributed by atoms with E-state index in [4.69, 9.17) is 4.74 Å². The van der Waals surface area contributed by atoms with Crippen molar-refractivity contribution in [1.82, 2.24) is 10.9 Å². The number of aryl methyl sites for hydroxylation is 1. The number of benzene rings is 3. The van der Waals surface area contributed by atoms with Crippen molar-refractivity contribution in [2.24, 2.45) is 0 Å². The lowest BCUT2D eigenvalue weighted by Crippen LogP contribution is -2.41. The zero-order valence-electron chi connectivity index (χ0n) is 18.0. The van der Waals surface area contributed by atoms with Gasteiger partial charge in [0.25, 0.3) is 21.8 Å². The Morgan fingerprint density at radius 3 is 2.15 bits per heavy atom. The maximum Gasteiger partial charge on any atom is 0.273 e. The Bertz CT molecular complexity index is 1260. The minimum absolute atomic E-state index is 0.0138. The van der Waals surface area contributed by atoms with Gasteiger partial charge in [-0.2, -0.15) is 0 Å². The van der Waals surface area contributed by atoms with E-state index in [1.807, 2.05) is 6.92 Å². The summed E-state index contributed by atoms with van der Waals surface area (Å²) in [6.07, 6.45) is 0. The summed E-state index contributed by atoms with van der Waals surface area (Å²) in [6, 6.07) is 16.2. The average molecular weight is 470 g/mol. The zero-order valence-corrected chi connectivity index (χ0v) is 18.8. The Labute approximate surface area is 191 Å². The summed E-state index contributed by atoms with van der Waals surface area (Å²) >= 11 is 0. The minimum Gasteiger partial charge on any atom is -0.507 e. The number of rotatable bonds is 7. The summed E-state index contributed by atoms with van der Waals surface area (Å²) in [5.74, 6) is -0.932. The molecule has 0 heterocycles. The Hall–Kier alpha value is -4.05. The van der Waals surface area contributed by atoms with E-state index < -0.39 is 21.8 Å². The second-order valence-corrected chi connectivity index (χ2v) is 8.70. The molecular weight excluding hydrogens is 446 g/mol. The average Bonchev–Trinajstić information content (AvgIpc) is 2.78. The molecule has 0 unspecified atom stereocenters. The number of sulfonamides is 1. The Morgan fingerprint density at radius 2 is 1.55 bits per heavy atom. The molecule has 3 aromatic carbocycles. The number of phenolic OH excluding ortho intramolecular Hbond substituents is 1. The molecule has 0 saturated carbocycles. The van der Waals surface area contributed by atoms with Crippen molar-refractivity contribution in [1.29, 1.82) is 0 Å². The number of aromatic hydroxyl groups is 1. The maximum atomic E-state index is 12.6. The van der Waals surface area contributed by atoms with E-state index in [2.05, 4.69) is 15.6 Å². The van der Waals surface area contributed by atoms with Crippen molar-refractivity contribution in [3.63, 3.8) is 0 Å². The molecule has 0 fully saturated rings. The lowest BCUT2D eigenvalue weighted by atomic mass is 10.1. The maximum absolute atomic E-state index is 12.6. The van der Waals surface area contributed by atoms with E-state index in [0.29, 0.717) is 12.4 Å². The lowest BCUT2D eigenvalue weighted by Gasteiger charge is -2.11. The van der Waals surface area contributed by atoms with Gasteiger partial charge in [-0.3, -0.25) is 25.2 Å². The second-order valence-electron chi connectivity index (χ2n) is 7.02. The van der Waals surface area contributed by atoms with E-state index in [-0.39, 0.29) is 27.5 Å². The molecule has 33 heavy (non-hydrogen) atoms. The standard InChI is InChI=1S/C23H23N3O6S/c1-3-32-18-9-11-19(12-10-18)33(30,31)26-17-7-5-16(6-8-17)22(28)24-25-23(29)20-13-4-15(2)14-21(20)27/h4-14,26-27H,3H2,1-2H3,(H,24,28)(H,25,29). The monoisotopic (exact) mass is 469 g/mol. The molecule has 2 amide bonds. The number of hydrogen-bond acceptors (Lipinski definition) is 6. The molecule has 10 heteroatoms. The van der Waals surface area contributed by atoms with Crippen LogP contribution in [0, 0.1) is 6.92 Å². The molecule has 0 atom stereocenters. The molecule has 9 nitrogen and oxygen atoms in total. The van der Waals surface area contributed by atoms with Crippen LogP contribution in [0.4, 0.5) is 5.69 Å². The van der Waals surface area contributed by atoms with Crippen molar-refractivity contribution < 1.29 is 27.9 Å². The summed E-state index contributed by atoms with van der Waals surface area (Å²) in [7, 11) is -3.82. The minimum atomic E-state index is -3.82. The predicted molar refractivity (Wildman–Crippen MR) is 123 cm³/mol. The third-order valence-electron chi connectivity index (χ3n) is 4.53. The topological polar surface area (TPSA) is 134 Å². The van der Waals surface area contributed by atoms with E-state index in [9.17, 15) is 23.1 Å². The fraction of sp³-hybridized carbons (Fsp3) is 0.130. The van der Waals surface area contributed by atoms with Gasteiger partial charge in [0.2, 0.25) is 0 Å². The first kappa shape index (κ1) is 23.6. The summed E-state index contributed by atoms with van der Waals surface area (Å²) in [5, 5.41) is 9.85. The molecule has 172 valence electrons. The highest BCUT2D eigenvalue weighted by atomic mass is 32.2. The Balaban J connectivity index is 1.60. The van der Waals surface area contributed by atoms with Crippen LogP contribution in [0.15, 0.2) is 71.6 Å². The van der Waals surface area contributed by atoms with Crippen LogP contribution in [0.1, 0.15) is 33.2 Å². The summed E-state index contributed by atoms with van der Waals surface area (Å²) < 4.78 is 32.8. The van der Waals surface area contributed by atoms with Gasteiger partial charge >= 0.3 is 0 Å². The largest absolute Gasteiger partial charge is 0.507 e. The van der Waals surface area contributed by atoms with E-state index in [1.165, 1.54) is 48.5 Å². The number of hydrazine groups is 1. The van der Waals surface area contributed by atoms with E-state index in [1.54, 1.807) is 25.1 Å². The van der Waals surface area contributed by atoms with E-state index in [0.717, 1.165) is 5.56 Å².